The molecule has 33 heavy (non-hydrogen) atoms. The Bertz CT molecular complexity index is 1080. The summed E-state index contributed by atoms with van der Waals surface area (Å²) in [5, 5.41) is 11.1. The molecule has 0 radical (unpaired) electrons. The number of carbonyl (C=O) groups excluding carboxylic acids is 2. The van der Waals surface area contributed by atoms with Crippen molar-refractivity contribution in [3.63, 3.8) is 0 Å². The number of imidazole rings is 1. The summed E-state index contributed by atoms with van der Waals surface area (Å²) in [7, 11) is 1.31. The molecule has 0 N–H and O–H groups in total. The number of ether oxygens (including phenoxy) is 1. The highest BCUT2D eigenvalue weighted by Crippen LogP contribution is 2.38. The summed E-state index contributed by atoms with van der Waals surface area (Å²) < 4.78 is 6.39. The average Bonchev–Trinajstić information content (AvgIpc) is 3.36. The van der Waals surface area contributed by atoms with Crippen LogP contribution >= 0.6 is 0 Å². The van der Waals surface area contributed by atoms with Crippen LogP contribution in [0, 0.1) is 10.1 Å². The molecule has 2 aromatic rings. The number of allylic oxidation sites excluding steroid dienone is 3. The van der Waals surface area contributed by atoms with Gasteiger partial charge in [0, 0.05) is 53.6 Å². The maximum atomic E-state index is 13.4. The van der Waals surface area contributed by atoms with Gasteiger partial charge in [0.25, 0.3) is 11.6 Å². The lowest BCUT2D eigenvalue weighted by molar-refractivity contribution is -0.384. The standard InChI is InChI=1S/C24H28N4O5/c1-4-5-6-7-8-22-21(23(29)26-14-13-25-16-26)15-20(24(30)33-3)17(2)27(22)18-9-11-19(12-10-18)28(31)32/h9-14,16H,4-8,15H2,1-3H3. The van der Waals surface area contributed by atoms with Gasteiger partial charge in [-0.3, -0.25) is 19.5 Å². The zero-order chi connectivity index (χ0) is 24.0. The fourth-order valence-corrected chi connectivity index (χ4v) is 4.01. The Hall–Kier alpha value is -3.75. The second kappa shape index (κ2) is 10.7. The maximum Gasteiger partial charge on any atom is 0.335 e. The van der Waals surface area contributed by atoms with Crippen molar-refractivity contribution in [1.82, 2.24) is 9.55 Å². The number of benzene rings is 1. The number of hydrogen-bond donors (Lipinski definition) is 0. The highest BCUT2D eigenvalue weighted by molar-refractivity contribution is 6.02. The number of unbranched alkanes of at least 4 members (excludes halogenated alkanes) is 3. The van der Waals surface area contributed by atoms with Gasteiger partial charge >= 0.3 is 5.97 Å². The minimum atomic E-state index is -0.514. The predicted octanol–water partition coefficient (Wildman–Crippen LogP) is 5.01. The van der Waals surface area contributed by atoms with E-state index in [1.165, 1.54) is 36.3 Å². The van der Waals surface area contributed by atoms with E-state index in [9.17, 15) is 19.7 Å². The van der Waals surface area contributed by atoms with Gasteiger partial charge in [-0.1, -0.05) is 26.2 Å². The number of non-ortho nitro benzene ring substituents is 1. The molecule has 0 atom stereocenters. The number of esters is 1. The van der Waals surface area contributed by atoms with Gasteiger partial charge in [0.05, 0.1) is 17.6 Å². The summed E-state index contributed by atoms with van der Waals surface area (Å²) in [6.07, 6.45) is 9.34. The van der Waals surface area contributed by atoms with Gasteiger partial charge in [-0.15, -0.1) is 0 Å². The minimum absolute atomic E-state index is 0.0335. The van der Waals surface area contributed by atoms with Crippen molar-refractivity contribution in [3.05, 3.63) is 75.6 Å². The number of carbonyl (C=O) groups is 2. The number of rotatable bonds is 9. The SMILES string of the molecule is CCCCCCC1=C(C(=O)n2ccnc2)CC(C(=O)OC)=C(C)N1c1ccc([N+](=O)[O-])cc1. The Morgan fingerprint density at radius 1 is 1.15 bits per heavy atom. The Morgan fingerprint density at radius 3 is 2.45 bits per heavy atom. The molecule has 0 spiro atoms. The van der Waals surface area contributed by atoms with Crippen LogP contribution in [0.15, 0.2) is 65.5 Å². The fourth-order valence-electron chi connectivity index (χ4n) is 4.01. The van der Waals surface area contributed by atoms with Crippen molar-refractivity contribution in [2.45, 2.75) is 52.4 Å². The molecule has 0 aliphatic carbocycles. The highest BCUT2D eigenvalue weighted by Gasteiger charge is 2.33. The second-order valence-electron chi connectivity index (χ2n) is 7.85. The first-order chi connectivity index (χ1) is 15.9. The van der Waals surface area contributed by atoms with Crippen molar-refractivity contribution in [2.75, 3.05) is 12.0 Å². The van der Waals surface area contributed by atoms with E-state index in [1.54, 1.807) is 25.3 Å². The lowest BCUT2D eigenvalue weighted by Crippen LogP contribution is -2.32. The van der Waals surface area contributed by atoms with E-state index in [2.05, 4.69) is 11.9 Å². The number of methoxy groups -OCH3 is 1. The van der Waals surface area contributed by atoms with Crippen molar-refractivity contribution < 1.29 is 19.2 Å². The van der Waals surface area contributed by atoms with Crippen LogP contribution in [0.1, 0.15) is 57.2 Å². The van der Waals surface area contributed by atoms with Gasteiger partial charge in [-0.05, 0) is 31.9 Å². The topological polar surface area (TPSA) is 108 Å². The van der Waals surface area contributed by atoms with E-state index in [4.69, 9.17) is 4.74 Å². The molecule has 9 heteroatoms. The van der Waals surface area contributed by atoms with E-state index in [0.717, 1.165) is 31.4 Å². The fraction of sp³-hybridized carbons (Fsp3) is 0.375. The van der Waals surface area contributed by atoms with Crippen LogP contribution in [-0.4, -0.2) is 33.5 Å². The quantitative estimate of drug-likeness (QED) is 0.228. The monoisotopic (exact) mass is 452 g/mol. The summed E-state index contributed by atoms with van der Waals surface area (Å²) in [6, 6.07) is 6.10. The zero-order valence-electron chi connectivity index (χ0n) is 19.1. The van der Waals surface area contributed by atoms with Gasteiger partial charge in [0.2, 0.25) is 0 Å². The van der Waals surface area contributed by atoms with Crippen LogP contribution in [-0.2, 0) is 9.53 Å². The van der Waals surface area contributed by atoms with Gasteiger partial charge in [-0.2, -0.15) is 0 Å². The van der Waals surface area contributed by atoms with E-state index in [-0.39, 0.29) is 18.0 Å². The Labute approximate surface area is 192 Å². The summed E-state index contributed by atoms with van der Waals surface area (Å²) in [4.78, 5) is 42.5. The summed E-state index contributed by atoms with van der Waals surface area (Å²) >= 11 is 0. The number of nitro benzene ring substituents is 1. The molecular formula is C24H28N4O5. The van der Waals surface area contributed by atoms with E-state index in [0.29, 0.717) is 29.0 Å². The molecule has 1 aliphatic rings. The maximum absolute atomic E-state index is 13.4. The molecule has 2 heterocycles. The third kappa shape index (κ3) is 5.19. The summed E-state index contributed by atoms with van der Waals surface area (Å²) in [5.41, 5.74) is 2.88. The lowest BCUT2D eigenvalue weighted by atomic mass is 9.92. The molecule has 0 saturated carbocycles. The summed E-state index contributed by atoms with van der Waals surface area (Å²) in [5.74, 6) is -0.779. The van der Waals surface area contributed by atoms with Crippen molar-refractivity contribution in [1.29, 1.82) is 0 Å². The number of anilines is 1. The van der Waals surface area contributed by atoms with Crippen LogP contribution in [0.3, 0.4) is 0 Å². The second-order valence-corrected chi connectivity index (χ2v) is 7.85. The van der Waals surface area contributed by atoms with Gasteiger partial charge < -0.3 is 9.64 Å². The smallest absolute Gasteiger partial charge is 0.335 e. The molecule has 0 amide bonds. The molecule has 174 valence electrons. The predicted molar refractivity (Wildman–Crippen MR) is 124 cm³/mol. The highest BCUT2D eigenvalue weighted by atomic mass is 16.6. The molecule has 0 saturated heterocycles. The van der Waals surface area contributed by atoms with Crippen molar-refractivity contribution in [2.24, 2.45) is 0 Å². The molecule has 1 aliphatic heterocycles. The summed E-state index contributed by atoms with van der Waals surface area (Å²) in [6.45, 7) is 3.94. The average molecular weight is 453 g/mol. The molecular weight excluding hydrogens is 424 g/mol. The van der Waals surface area contributed by atoms with E-state index < -0.39 is 10.9 Å². The lowest BCUT2D eigenvalue weighted by Gasteiger charge is -2.35. The molecule has 1 aromatic heterocycles. The third-order valence-corrected chi connectivity index (χ3v) is 5.76. The molecule has 0 bridgehead atoms. The van der Waals surface area contributed by atoms with Gasteiger partial charge in [0.1, 0.15) is 6.33 Å². The normalized spacial score (nSPS) is 14.0. The Morgan fingerprint density at radius 2 is 1.88 bits per heavy atom. The molecule has 0 fully saturated rings. The Balaban J connectivity index is 2.14. The molecule has 0 unspecified atom stereocenters. The van der Waals surface area contributed by atoms with E-state index in [1.807, 2.05) is 4.90 Å². The Kier molecular flexibility index (Phi) is 7.76. The van der Waals surface area contributed by atoms with E-state index >= 15 is 0 Å². The largest absolute Gasteiger partial charge is 0.466 e. The first-order valence-electron chi connectivity index (χ1n) is 11.0. The number of hydrogen-bond acceptors (Lipinski definition) is 7. The van der Waals surface area contributed by atoms with Gasteiger partial charge in [-0.25, -0.2) is 9.78 Å². The van der Waals surface area contributed by atoms with Gasteiger partial charge in [0.15, 0.2) is 0 Å². The number of nitro groups is 1. The molecule has 1 aromatic carbocycles. The van der Waals surface area contributed by atoms with Crippen LogP contribution < -0.4 is 4.90 Å². The van der Waals surface area contributed by atoms with Crippen LogP contribution in [0.4, 0.5) is 11.4 Å². The number of aromatic nitrogens is 2. The van der Waals surface area contributed by atoms with Crippen LogP contribution in [0.2, 0.25) is 0 Å². The third-order valence-electron chi connectivity index (χ3n) is 5.76. The minimum Gasteiger partial charge on any atom is -0.466 e. The first kappa shape index (κ1) is 23.9. The van der Waals surface area contributed by atoms with Crippen molar-refractivity contribution >= 4 is 23.3 Å². The number of nitrogens with zero attached hydrogens (tertiary/aromatic N) is 4. The van der Waals surface area contributed by atoms with Crippen LogP contribution in [0.25, 0.3) is 0 Å². The van der Waals surface area contributed by atoms with Crippen LogP contribution in [0.5, 0.6) is 0 Å². The van der Waals surface area contributed by atoms with Crippen molar-refractivity contribution in [3.8, 4) is 0 Å². The molecule has 9 nitrogen and oxygen atoms in total. The molecule has 3 rings (SSSR count). The zero-order valence-corrected chi connectivity index (χ0v) is 19.1. The first-order valence-corrected chi connectivity index (χ1v) is 11.0.